The molecule has 1 amide bonds. The van der Waals surface area contributed by atoms with E-state index in [1.165, 1.54) is 18.3 Å². The van der Waals surface area contributed by atoms with E-state index >= 15 is 0 Å². The van der Waals surface area contributed by atoms with Crippen molar-refractivity contribution in [3.8, 4) is 0 Å². The molecule has 108 valence electrons. The third-order valence-electron chi connectivity index (χ3n) is 3.52. The quantitative estimate of drug-likeness (QED) is 0.857. The van der Waals surface area contributed by atoms with Crippen molar-refractivity contribution in [1.82, 2.24) is 4.90 Å². The summed E-state index contributed by atoms with van der Waals surface area (Å²) in [7, 11) is 2.96. The van der Waals surface area contributed by atoms with Gasteiger partial charge in [0.15, 0.2) is 0 Å². The fourth-order valence-electron chi connectivity index (χ4n) is 2.43. The Labute approximate surface area is 121 Å². The fraction of sp³-hybridized carbons (Fsp3) is 0.200. The first-order valence-electron chi connectivity index (χ1n) is 6.42. The molecule has 1 aliphatic heterocycles. The average Bonchev–Trinajstić information content (AvgIpc) is 2.99. The fourth-order valence-corrected chi connectivity index (χ4v) is 2.43. The highest BCUT2D eigenvalue weighted by Gasteiger charge is 2.33. The number of esters is 1. The molecule has 6 nitrogen and oxygen atoms in total. The minimum absolute atomic E-state index is 0.0917. The number of fused-ring (bicyclic) bond motifs is 1. The third-order valence-corrected chi connectivity index (χ3v) is 3.52. The second-order valence-corrected chi connectivity index (χ2v) is 4.71. The molecule has 3 rings (SSSR count). The van der Waals surface area contributed by atoms with Gasteiger partial charge < -0.3 is 19.4 Å². The zero-order valence-corrected chi connectivity index (χ0v) is 11.6. The summed E-state index contributed by atoms with van der Waals surface area (Å²) >= 11 is 0. The molecule has 0 saturated carbocycles. The number of carbonyl (C=O) groups is 2. The molecule has 0 bridgehead atoms. The van der Waals surface area contributed by atoms with Gasteiger partial charge in [0.1, 0.15) is 6.17 Å². The number of nitrogens with one attached hydrogen (secondary N) is 1. The van der Waals surface area contributed by atoms with Crippen LogP contribution in [0.25, 0.3) is 0 Å². The van der Waals surface area contributed by atoms with E-state index in [-0.39, 0.29) is 11.7 Å². The van der Waals surface area contributed by atoms with E-state index < -0.39 is 12.1 Å². The van der Waals surface area contributed by atoms with Crippen molar-refractivity contribution in [2.45, 2.75) is 6.17 Å². The lowest BCUT2D eigenvalue weighted by molar-refractivity contribution is 0.0555. The van der Waals surface area contributed by atoms with Crippen LogP contribution < -0.4 is 5.32 Å². The van der Waals surface area contributed by atoms with Gasteiger partial charge in [-0.15, -0.1) is 0 Å². The molecule has 0 spiro atoms. The van der Waals surface area contributed by atoms with Crippen LogP contribution in [0.3, 0.4) is 0 Å². The van der Waals surface area contributed by atoms with Gasteiger partial charge in [-0.1, -0.05) is 12.1 Å². The highest BCUT2D eigenvalue weighted by Crippen LogP contribution is 2.33. The van der Waals surface area contributed by atoms with E-state index in [1.807, 2.05) is 18.2 Å². The number of anilines is 1. The Morgan fingerprint density at radius 1 is 1.33 bits per heavy atom. The Hall–Kier alpha value is -2.76. The van der Waals surface area contributed by atoms with Gasteiger partial charge in [-0.2, -0.15) is 0 Å². The Kier molecular flexibility index (Phi) is 3.13. The summed E-state index contributed by atoms with van der Waals surface area (Å²) in [6, 6.07) is 8.89. The minimum Gasteiger partial charge on any atom is -0.463 e. The van der Waals surface area contributed by atoms with Crippen molar-refractivity contribution >= 4 is 17.6 Å². The molecule has 2 heterocycles. The number of hydrogen-bond donors (Lipinski definition) is 1. The van der Waals surface area contributed by atoms with Crippen LogP contribution in [0.5, 0.6) is 0 Å². The molecule has 1 aromatic carbocycles. The molecule has 1 aromatic heterocycles. The van der Waals surface area contributed by atoms with Gasteiger partial charge in [0.25, 0.3) is 5.91 Å². The van der Waals surface area contributed by atoms with Gasteiger partial charge in [0.05, 0.1) is 18.9 Å². The number of methoxy groups -OCH3 is 1. The minimum atomic E-state index is -0.573. The van der Waals surface area contributed by atoms with Crippen molar-refractivity contribution < 1.29 is 18.7 Å². The number of hydrogen-bond acceptors (Lipinski definition) is 5. The lowest BCUT2D eigenvalue weighted by atomic mass is 10.0. The summed E-state index contributed by atoms with van der Waals surface area (Å²) in [6.07, 6.45) is 0.919. The third kappa shape index (κ3) is 2.05. The highest BCUT2D eigenvalue weighted by molar-refractivity contribution is 6.01. The Balaban J connectivity index is 2.03. The predicted molar refractivity (Wildman–Crippen MR) is 74.9 cm³/mol. The topological polar surface area (TPSA) is 71.8 Å². The van der Waals surface area contributed by atoms with E-state index in [9.17, 15) is 9.59 Å². The maximum atomic E-state index is 12.4. The van der Waals surface area contributed by atoms with Crippen LogP contribution in [0.4, 0.5) is 5.69 Å². The average molecular weight is 286 g/mol. The number of furan rings is 1. The maximum absolute atomic E-state index is 12.4. The van der Waals surface area contributed by atoms with E-state index in [1.54, 1.807) is 19.2 Å². The standard InChI is InChI=1S/C15H14N2O4/c1-17-13(10-7-8-21-12(10)15(19)20-2)16-11-6-4-3-5-9(11)14(17)18/h3-8,13,16H,1-2H3/t13-/m1/s1. The van der Waals surface area contributed by atoms with Gasteiger partial charge in [-0.05, 0) is 18.2 Å². The molecule has 21 heavy (non-hydrogen) atoms. The molecule has 0 aliphatic carbocycles. The summed E-state index contributed by atoms with van der Waals surface area (Å²) in [4.78, 5) is 25.7. The normalized spacial score (nSPS) is 17.1. The number of ether oxygens (including phenoxy) is 1. The molecule has 0 saturated heterocycles. The molecule has 6 heteroatoms. The molecule has 2 aromatic rings. The van der Waals surface area contributed by atoms with Gasteiger partial charge >= 0.3 is 5.97 Å². The van der Waals surface area contributed by atoms with Crippen molar-refractivity contribution in [3.05, 3.63) is 53.5 Å². The smallest absolute Gasteiger partial charge is 0.374 e. The number of nitrogens with zero attached hydrogens (tertiary/aromatic N) is 1. The molecule has 0 radical (unpaired) electrons. The predicted octanol–water partition coefficient (Wildman–Crippen LogP) is 2.26. The molecule has 1 atom stereocenters. The Morgan fingerprint density at radius 2 is 2.10 bits per heavy atom. The van der Waals surface area contributed by atoms with Gasteiger partial charge in [0, 0.05) is 18.3 Å². The first-order chi connectivity index (χ1) is 10.1. The van der Waals surface area contributed by atoms with Gasteiger partial charge in [-0.25, -0.2) is 4.79 Å². The Bertz CT molecular complexity index is 707. The van der Waals surface area contributed by atoms with Crippen molar-refractivity contribution in [1.29, 1.82) is 0 Å². The first-order valence-corrected chi connectivity index (χ1v) is 6.42. The zero-order valence-electron chi connectivity index (χ0n) is 11.6. The second-order valence-electron chi connectivity index (χ2n) is 4.71. The van der Waals surface area contributed by atoms with E-state index in [0.29, 0.717) is 11.1 Å². The summed E-state index contributed by atoms with van der Waals surface area (Å²) in [5.74, 6) is -0.600. The molecule has 0 fully saturated rings. The van der Waals surface area contributed by atoms with Crippen LogP contribution in [0.1, 0.15) is 32.6 Å². The van der Waals surface area contributed by atoms with Crippen molar-refractivity contribution in [2.24, 2.45) is 0 Å². The SMILES string of the molecule is COC(=O)c1occc1[C@@H]1Nc2ccccc2C(=O)N1C. The first kappa shape index (κ1) is 13.2. The number of carbonyl (C=O) groups excluding carboxylic acids is 2. The molecule has 1 aliphatic rings. The lowest BCUT2D eigenvalue weighted by Gasteiger charge is -2.35. The van der Waals surface area contributed by atoms with Crippen molar-refractivity contribution in [3.63, 3.8) is 0 Å². The molecule has 1 N–H and O–H groups in total. The molecule has 0 unspecified atom stereocenters. The van der Waals surface area contributed by atoms with Crippen LogP contribution in [0.2, 0.25) is 0 Å². The van der Waals surface area contributed by atoms with Crippen LogP contribution in [-0.4, -0.2) is 30.9 Å². The molecular weight excluding hydrogens is 272 g/mol. The maximum Gasteiger partial charge on any atom is 0.374 e. The number of rotatable bonds is 2. The number of para-hydroxylation sites is 1. The zero-order chi connectivity index (χ0) is 15.0. The summed E-state index contributed by atoms with van der Waals surface area (Å²) in [5.41, 5.74) is 1.88. The van der Waals surface area contributed by atoms with Crippen LogP contribution >= 0.6 is 0 Å². The van der Waals surface area contributed by atoms with Gasteiger partial charge in [-0.3, -0.25) is 4.79 Å². The second kappa shape index (κ2) is 4.97. The van der Waals surface area contributed by atoms with Crippen molar-refractivity contribution in [2.75, 3.05) is 19.5 Å². The summed E-state index contributed by atoms with van der Waals surface area (Å²) in [6.45, 7) is 0. The summed E-state index contributed by atoms with van der Waals surface area (Å²) < 4.78 is 9.88. The number of amides is 1. The molecular formula is C15H14N2O4. The largest absolute Gasteiger partial charge is 0.463 e. The van der Waals surface area contributed by atoms with E-state index in [0.717, 1.165) is 5.69 Å². The van der Waals surface area contributed by atoms with E-state index in [2.05, 4.69) is 5.32 Å². The van der Waals surface area contributed by atoms with Crippen LogP contribution in [0.15, 0.2) is 41.0 Å². The highest BCUT2D eigenvalue weighted by atomic mass is 16.5. The Morgan fingerprint density at radius 3 is 2.86 bits per heavy atom. The lowest BCUT2D eigenvalue weighted by Crippen LogP contribution is -2.40. The number of benzene rings is 1. The summed E-state index contributed by atoms with van der Waals surface area (Å²) in [5, 5.41) is 3.24. The monoisotopic (exact) mass is 286 g/mol. The van der Waals surface area contributed by atoms with Crippen LogP contribution in [-0.2, 0) is 4.74 Å². The van der Waals surface area contributed by atoms with E-state index in [4.69, 9.17) is 9.15 Å². The van der Waals surface area contributed by atoms with Gasteiger partial charge in [0.2, 0.25) is 5.76 Å². The van der Waals surface area contributed by atoms with Crippen LogP contribution in [0, 0.1) is 0 Å².